The molecule has 1 heterocycles. The van der Waals surface area contributed by atoms with E-state index in [1.165, 1.54) is 12.8 Å². The molecule has 0 saturated heterocycles. The number of tetrazole rings is 1. The first kappa shape index (κ1) is 15.9. The first-order chi connectivity index (χ1) is 11.0. The first-order valence-corrected chi connectivity index (χ1v) is 9.44. The van der Waals surface area contributed by atoms with Crippen molar-refractivity contribution in [2.24, 2.45) is 5.92 Å². The predicted octanol–water partition coefficient (Wildman–Crippen LogP) is 1.36. The van der Waals surface area contributed by atoms with Gasteiger partial charge in [-0.3, -0.25) is 0 Å². The molecule has 0 bridgehead atoms. The average Bonchev–Trinajstić information content (AvgIpc) is 3.23. The molecule has 3 rings (SSSR count). The number of hydrogen-bond acceptors (Lipinski definition) is 6. The highest BCUT2D eigenvalue weighted by atomic mass is 32.2. The van der Waals surface area contributed by atoms with Crippen LogP contribution in [-0.2, 0) is 16.4 Å². The normalized spacial score (nSPS) is 14.9. The number of rotatable bonds is 7. The highest BCUT2D eigenvalue weighted by Crippen LogP contribution is 2.30. The fourth-order valence-electron chi connectivity index (χ4n) is 2.49. The summed E-state index contributed by atoms with van der Waals surface area (Å²) < 4.78 is 25.4. The standard InChI is InChI=1S/C15H21N5O2S/c1-3-23(21,22)14-8-6-13(7-9-14)11-20-15(16-17-18-20)19(2)10-12-4-5-12/h6-9,12H,3-5,10-11H2,1-2H3. The Hall–Kier alpha value is -1.96. The second-order valence-electron chi connectivity index (χ2n) is 6.01. The van der Waals surface area contributed by atoms with Gasteiger partial charge in [0.2, 0.25) is 5.95 Å². The molecule has 0 N–H and O–H groups in total. The maximum atomic E-state index is 11.8. The van der Waals surface area contributed by atoms with Crippen molar-refractivity contribution in [2.45, 2.75) is 31.2 Å². The molecule has 1 aliphatic carbocycles. The summed E-state index contributed by atoms with van der Waals surface area (Å²) in [7, 11) is -1.16. The van der Waals surface area contributed by atoms with Gasteiger partial charge in [0, 0.05) is 13.6 Å². The van der Waals surface area contributed by atoms with Crippen LogP contribution < -0.4 is 4.90 Å². The van der Waals surface area contributed by atoms with Crippen molar-refractivity contribution in [3.8, 4) is 0 Å². The van der Waals surface area contributed by atoms with Crippen LogP contribution in [0.2, 0.25) is 0 Å². The lowest BCUT2D eigenvalue weighted by Crippen LogP contribution is -2.24. The molecule has 1 saturated carbocycles. The zero-order chi connectivity index (χ0) is 16.4. The Morgan fingerprint density at radius 3 is 2.57 bits per heavy atom. The van der Waals surface area contributed by atoms with Gasteiger partial charge in [0.15, 0.2) is 9.84 Å². The van der Waals surface area contributed by atoms with E-state index in [9.17, 15) is 8.42 Å². The maximum Gasteiger partial charge on any atom is 0.245 e. The van der Waals surface area contributed by atoms with Crippen LogP contribution in [0.25, 0.3) is 0 Å². The second kappa shape index (κ2) is 6.27. The summed E-state index contributed by atoms with van der Waals surface area (Å²) in [6.45, 7) is 3.13. The van der Waals surface area contributed by atoms with Crippen molar-refractivity contribution in [1.29, 1.82) is 0 Å². The number of nitrogens with zero attached hydrogens (tertiary/aromatic N) is 5. The number of anilines is 1. The van der Waals surface area contributed by atoms with Gasteiger partial charge in [0.25, 0.3) is 0 Å². The molecular formula is C15H21N5O2S. The maximum absolute atomic E-state index is 11.8. The molecule has 7 nitrogen and oxygen atoms in total. The van der Waals surface area contributed by atoms with Crippen LogP contribution in [-0.4, -0.2) is 48.0 Å². The van der Waals surface area contributed by atoms with Crippen molar-refractivity contribution in [3.63, 3.8) is 0 Å². The highest BCUT2D eigenvalue weighted by molar-refractivity contribution is 7.91. The van der Waals surface area contributed by atoms with Gasteiger partial charge in [0.05, 0.1) is 17.2 Å². The third kappa shape index (κ3) is 3.69. The third-order valence-corrected chi connectivity index (χ3v) is 5.83. The van der Waals surface area contributed by atoms with E-state index in [2.05, 4.69) is 20.4 Å². The molecule has 0 spiro atoms. The molecule has 1 fully saturated rings. The molecule has 0 atom stereocenters. The Labute approximate surface area is 136 Å². The van der Waals surface area contributed by atoms with E-state index >= 15 is 0 Å². The van der Waals surface area contributed by atoms with E-state index in [4.69, 9.17) is 0 Å². The number of sulfone groups is 1. The molecule has 1 aromatic carbocycles. The molecule has 0 radical (unpaired) electrons. The van der Waals surface area contributed by atoms with E-state index < -0.39 is 9.84 Å². The summed E-state index contributed by atoms with van der Waals surface area (Å²) in [5.41, 5.74) is 0.966. The molecule has 1 aromatic heterocycles. The van der Waals surface area contributed by atoms with Gasteiger partial charge in [-0.25, -0.2) is 13.1 Å². The zero-order valence-corrected chi connectivity index (χ0v) is 14.2. The van der Waals surface area contributed by atoms with E-state index in [0.717, 1.165) is 24.0 Å². The number of benzene rings is 1. The molecule has 23 heavy (non-hydrogen) atoms. The van der Waals surface area contributed by atoms with Crippen molar-refractivity contribution in [1.82, 2.24) is 20.2 Å². The van der Waals surface area contributed by atoms with Crippen LogP contribution in [0.5, 0.6) is 0 Å². The van der Waals surface area contributed by atoms with Crippen molar-refractivity contribution >= 4 is 15.8 Å². The Kier molecular flexibility index (Phi) is 4.34. The van der Waals surface area contributed by atoms with Crippen molar-refractivity contribution < 1.29 is 8.42 Å². The van der Waals surface area contributed by atoms with Crippen LogP contribution in [0.15, 0.2) is 29.2 Å². The van der Waals surface area contributed by atoms with Gasteiger partial charge in [-0.2, -0.15) is 0 Å². The Morgan fingerprint density at radius 2 is 1.96 bits per heavy atom. The Bertz CT molecular complexity index is 765. The van der Waals surface area contributed by atoms with Crippen LogP contribution in [0.4, 0.5) is 5.95 Å². The van der Waals surface area contributed by atoms with Gasteiger partial charge in [-0.1, -0.05) is 24.2 Å². The summed E-state index contributed by atoms with van der Waals surface area (Å²) in [5.74, 6) is 1.60. The molecule has 0 aliphatic heterocycles. The third-order valence-electron chi connectivity index (χ3n) is 4.08. The summed E-state index contributed by atoms with van der Waals surface area (Å²) in [5, 5.41) is 11.9. The molecule has 8 heteroatoms. The van der Waals surface area contributed by atoms with Gasteiger partial charge in [0.1, 0.15) is 0 Å². The lowest BCUT2D eigenvalue weighted by molar-refractivity contribution is 0.597. The monoisotopic (exact) mass is 335 g/mol. The van der Waals surface area contributed by atoms with Crippen LogP contribution in [0.3, 0.4) is 0 Å². The highest BCUT2D eigenvalue weighted by Gasteiger charge is 2.25. The number of hydrogen-bond donors (Lipinski definition) is 0. The topological polar surface area (TPSA) is 81.0 Å². The smallest absolute Gasteiger partial charge is 0.245 e. The molecule has 2 aromatic rings. The lowest BCUT2D eigenvalue weighted by atomic mass is 10.2. The fourth-order valence-corrected chi connectivity index (χ4v) is 3.37. The molecule has 124 valence electrons. The van der Waals surface area contributed by atoms with E-state index in [-0.39, 0.29) is 5.75 Å². The lowest BCUT2D eigenvalue weighted by Gasteiger charge is -2.17. The van der Waals surface area contributed by atoms with Crippen LogP contribution in [0.1, 0.15) is 25.3 Å². The average molecular weight is 335 g/mol. The summed E-state index contributed by atoms with van der Waals surface area (Å²) >= 11 is 0. The Morgan fingerprint density at radius 1 is 1.26 bits per heavy atom. The molecule has 1 aliphatic rings. The fraction of sp³-hybridized carbons (Fsp3) is 0.533. The molecule has 0 unspecified atom stereocenters. The van der Waals surface area contributed by atoms with E-state index in [1.807, 2.05) is 19.2 Å². The van der Waals surface area contributed by atoms with Crippen LogP contribution >= 0.6 is 0 Å². The van der Waals surface area contributed by atoms with Crippen molar-refractivity contribution in [3.05, 3.63) is 29.8 Å². The van der Waals surface area contributed by atoms with Gasteiger partial charge >= 0.3 is 0 Å². The van der Waals surface area contributed by atoms with Gasteiger partial charge < -0.3 is 4.90 Å². The molecule has 0 amide bonds. The summed E-state index contributed by atoms with van der Waals surface area (Å²) in [4.78, 5) is 2.43. The predicted molar refractivity (Wildman–Crippen MR) is 87.1 cm³/mol. The van der Waals surface area contributed by atoms with Crippen molar-refractivity contribution in [2.75, 3.05) is 24.2 Å². The van der Waals surface area contributed by atoms with Gasteiger partial charge in [-0.15, -0.1) is 0 Å². The minimum Gasteiger partial charge on any atom is -0.342 e. The minimum atomic E-state index is -3.16. The number of aromatic nitrogens is 4. The second-order valence-corrected chi connectivity index (χ2v) is 8.29. The minimum absolute atomic E-state index is 0.107. The van der Waals surface area contributed by atoms with Crippen LogP contribution in [0, 0.1) is 5.92 Å². The quantitative estimate of drug-likeness (QED) is 0.760. The SMILES string of the molecule is CCS(=O)(=O)c1ccc(Cn2nnnc2N(C)CC2CC2)cc1. The van der Waals surface area contributed by atoms with E-state index in [0.29, 0.717) is 11.4 Å². The first-order valence-electron chi connectivity index (χ1n) is 7.78. The largest absolute Gasteiger partial charge is 0.342 e. The van der Waals surface area contributed by atoms with Gasteiger partial charge in [-0.05, 0) is 46.9 Å². The summed E-state index contributed by atoms with van der Waals surface area (Å²) in [6.07, 6.45) is 2.55. The van der Waals surface area contributed by atoms with E-state index in [1.54, 1.807) is 23.7 Å². The molecular weight excluding hydrogens is 314 g/mol. The Balaban J connectivity index is 1.73. The summed E-state index contributed by atoms with van der Waals surface area (Å²) in [6, 6.07) is 6.92. The zero-order valence-electron chi connectivity index (χ0n) is 13.4.